The summed E-state index contributed by atoms with van der Waals surface area (Å²) in [5.74, 6) is 1.18. The second-order valence-electron chi connectivity index (χ2n) is 7.40. The zero-order valence-corrected chi connectivity index (χ0v) is 15.5. The van der Waals surface area contributed by atoms with Gasteiger partial charge in [0.05, 0.1) is 13.2 Å². The number of nitrogens with two attached hydrogens (primary N) is 1. The molecule has 1 aromatic carbocycles. The quantitative estimate of drug-likeness (QED) is 0.805. The van der Waals surface area contributed by atoms with E-state index in [2.05, 4.69) is 9.97 Å². The van der Waals surface area contributed by atoms with E-state index in [9.17, 15) is 4.39 Å². The molecule has 2 aromatic rings. The largest absolute Gasteiger partial charge is 0.489 e. The average Bonchev–Trinajstić information content (AvgIpc) is 3.39. The Morgan fingerprint density at radius 3 is 2.70 bits per heavy atom. The number of aromatic nitrogens is 2. The summed E-state index contributed by atoms with van der Waals surface area (Å²) in [7, 11) is 0. The lowest BCUT2D eigenvalue weighted by atomic mass is 10.1. The molecule has 27 heavy (non-hydrogen) atoms. The summed E-state index contributed by atoms with van der Waals surface area (Å²) in [6.07, 6.45) is 4.45. The van der Waals surface area contributed by atoms with Gasteiger partial charge in [-0.15, -0.1) is 0 Å². The van der Waals surface area contributed by atoms with Crippen LogP contribution in [0.2, 0.25) is 0 Å². The first-order chi connectivity index (χ1) is 13.1. The minimum atomic E-state index is -0.486. The van der Waals surface area contributed by atoms with Crippen LogP contribution in [-0.4, -0.2) is 35.8 Å². The third-order valence-electron chi connectivity index (χ3n) is 5.04. The molecule has 7 heteroatoms. The predicted molar refractivity (Wildman–Crippen MR) is 100 cm³/mol. The zero-order valence-electron chi connectivity index (χ0n) is 15.5. The summed E-state index contributed by atoms with van der Waals surface area (Å²) >= 11 is 0. The molecule has 4 rings (SSSR count). The van der Waals surface area contributed by atoms with Crippen molar-refractivity contribution < 1.29 is 13.9 Å². The third-order valence-corrected chi connectivity index (χ3v) is 5.04. The van der Waals surface area contributed by atoms with Gasteiger partial charge in [0.25, 0.3) is 5.88 Å². The molecule has 0 spiro atoms. The van der Waals surface area contributed by atoms with Crippen molar-refractivity contribution in [3.8, 4) is 11.6 Å². The van der Waals surface area contributed by atoms with Crippen molar-refractivity contribution in [2.24, 2.45) is 11.7 Å². The van der Waals surface area contributed by atoms with E-state index >= 15 is 0 Å². The standard InChI is InChI=1S/C20H25FN4O2/c1-13(22)15-4-6-16(7-5-15)27-17-8-9-25(10-17)19-18(21)20(24-12-23-19)26-11-14-2-3-14/h4-7,12-14,17H,2-3,8-11,22H2,1H3/t13-,17?/m0/s1. The van der Waals surface area contributed by atoms with Crippen LogP contribution in [0.4, 0.5) is 10.2 Å². The van der Waals surface area contributed by atoms with Crippen LogP contribution in [-0.2, 0) is 0 Å². The zero-order chi connectivity index (χ0) is 18.8. The Morgan fingerprint density at radius 1 is 1.22 bits per heavy atom. The van der Waals surface area contributed by atoms with Crippen LogP contribution in [0.3, 0.4) is 0 Å². The van der Waals surface area contributed by atoms with E-state index < -0.39 is 5.82 Å². The lowest BCUT2D eigenvalue weighted by Gasteiger charge is -2.19. The van der Waals surface area contributed by atoms with E-state index in [1.54, 1.807) is 0 Å². The Hall–Kier alpha value is -2.41. The second kappa shape index (κ2) is 7.68. The number of benzene rings is 1. The first-order valence-corrected chi connectivity index (χ1v) is 9.50. The number of nitrogens with zero attached hydrogens (tertiary/aromatic N) is 3. The number of rotatable bonds is 7. The molecular weight excluding hydrogens is 347 g/mol. The average molecular weight is 372 g/mol. The summed E-state index contributed by atoms with van der Waals surface area (Å²) in [5, 5.41) is 0. The fourth-order valence-corrected chi connectivity index (χ4v) is 3.21. The van der Waals surface area contributed by atoms with Gasteiger partial charge in [-0.25, -0.2) is 4.98 Å². The van der Waals surface area contributed by atoms with Gasteiger partial charge in [-0.1, -0.05) is 12.1 Å². The summed E-state index contributed by atoms with van der Waals surface area (Å²) in [6, 6.07) is 7.80. The van der Waals surface area contributed by atoms with E-state index in [1.165, 1.54) is 6.33 Å². The van der Waals surface area contributed by atoms with Crippen molar-refractivity contribution >= 4 is 5.82 Å². The minimum Gasteiger partial charge on any atom is -0.489 e. The van der Waals surface area contributed by atoms with Crippen molar-refractivity contribution in [3.05, 3.63) is 42.0 Å². The maximum atomic E-state index is 14.7. The molecule has 0 radical (unpaired) electrons. The summed E-state index contributed by atoms with van der Waals surface area (Å²) in [4.78, 5) is 9.96. The van der Waals surface area contributed by atoms with Crippen LogP contribution in [0, 0.1) is 11.7 Å². The molecular formula is C20H25FN4O2. The highest BCUT2D eigenvalue weighted by Gasteiger charge is 2.29. The van der Waals surface area contributed by atoms with Gasteiger partial charge in [0.2, 0.25) is 5.82 Å². The highest BCUT2D eigenvalue weighted by atomic mass is 19.1. The Bertz CT molecular complexity index is 780. The van der Waals surface area contributed by atoms with Crippen LogP contribution in [0.5, 0.6) is 11.6 Å². The third kappa shape index (κ3) is 4.30. The van der Waals surface area contributed by atoms with Crippen LogP contribution in [0.1, 0.15) is 37.8 Å². The van der Waals surface area contributed by atoms with E-state index in [0.717, 1.165) is 30.6 Å². The molecule has 6 nitrogen and oxygen atoms in total. The molecule has 1 saturated carbocycles. The molecule has 0 amide bonds. The first-order valence-electron chi connectivity index (χ1n) is 9.50. The van der Waals surface area contributed by atoms with Gasteiger partial charge < -0.3 is 20.1 Å². The van der Waals surface area contributed by atoms with Gasteiger partial charge in [0, 0.05) is 19.0 Å². The number of ether oxygens (including phenoxy) is 2. The number of hydrogen-bond acceptors (Lipinski definition) is 6. The Kier molecular flexibility index (Phi) is 5.11. The van der Waals surface area contributed by atoms with Gasteiger partial charge in [-0.3, -0.25) is 0 Å². The van der Waals surface area contributed by atoms with Crippen LogP contribution >= 0.6 is 0 Å². The van der Waals surface area contributed by atoms with E-state index in [4.69, 9.17) is 15.2 Å². The first kappa shape index (κ1) is 18.0. The van der Waals surface area contributed by atoms with Crippen LogP contribution in [0.25, 0.3) is 0 Å². The fourth-order valence-electron chi connectivity index (χ4n) is 3.21. The van der Waals surface area contributed by atoms with E-state index in [0.29, 0.717) is 25.6 Å². The van der Waals surface area contributed by atoms with Gasteiger partial charge in [-0.2, -0.15) is 9.37 Å². The second-order valence-corrected chi connectivity index (χ2v) is 7.40. The lowest BCUT2D eigenvalue weighted by Crippen LogP contribution is -2.26. The SMILES string of the molecule is C[C@H](N)c1ccc(OC2CCN(c3ncnc(OCC4CC4)c3F)C2)cc1. The highest BCUT2D eigenvalue weighted by Crippen LogP contribution is 2.31. The minimum absolute atomic E-state index is 0.00177. The lowest BCUT2D eigenvalue weighted by molar-refractivity contribution is 0.224. The molecule has 2 heterocycles. The highest BCUT2D eigenvalue weighted by molar-refractivity contribution is 5.44. The van der Waals surface area contributed by atoms with Crippen molar-refractivity contribution in [2.75, 3.05) is 24.6 Å². The molecule has 2 aliphatic rings. The van der Waals surface area contributed by atoms with Gasteiger partial charge in [0.1, 0.15) is 18.2 Å². The smallest absolute Gasteiger partial charge is 0.255 e. The molecule has 1 aromatic heterocycles. The van der Waals surface area contributed by atoms with E-state index in [1.807, 2.05) is 36.1 Å². The Labute approximate surface area is 158 Å². The molecule has 1 saturated heterocycles. The van der Waals surface area contributed by atoms with Crippen molar-refractivity contribution in [2.45, 2.75) is 38.3 Å². The summed E-state index contributed by atoms with van der Waals surface area (Å²) < 4.78 is 26.3. The van der Waals surface area contributed by atoms with Crippen molar-refractivity contribution in [1.82, 2.24) is 9.97 Å². The van der Waals surface area contributed by atoms with Crippen molar-refractivity contribution in [3.63, 3.8) is 0 Å². The van der Waals surface area contributed by atoms with Crippen LogP contribution in [0.15, 0.2) is 30.6 Å². The normalized spacial score (nSPS) is 20.6. The van der Waals surface area contributed by atoms with Gasteiger partial charge in [0.15, 0.2) is 5.82 Å². The monoisotopic (exact) mass is 372 g/mol. The number of hydrogen-bond donors (Lipinski definition) is 1. The maximum absolute atomic E-state index is 14.7. The summed E-state index contributed by atoms with van der Waals surface area (Å²) in [6.45, 7) is 3.73. The molecule has 0 bridgehead atoms. The molecule has 2 N–H and O–H groups in total. The van der Waals surface area contributed by atoms with E-state index in [-0.39, 0.29) is 23.8 Å². The molecule has 2 fully saturated rings. The molecule has 144 valence electrons. The van der Waals surface area contributed by atoms with Crippen molar-refractivity contribution in [1.29, 1.82) is 0 Å². The Balaban J connectivity index is 1.38. The fraction of sp³-hybridized carbons (Fsp3) is 0.500. The molecule has 1 unspecified atom stereocenters. The van der Waals surface area contributed by atoms with Crippen LogP contribution < -0.4 is 20.1 Å². The summed E-state index contributed by atoms with van der Waals surface area (Å²) in [5.41, 5.74) is 6.94. The molecule has 1 aliphatic carbocycles. The topological polar surface area (TPSA) is 73.5 Å². The molecule has 1 aliphatic heterocycles. The molecule has 2 atom stereocenters. The maximum Gasteiger partial charge on any atom is 0.255 e. The van der Waals surface area contributed by atoms with Gasteiger partial charge >= 0.3 is 0 Å². The number of anilines is 1. The Morgan fingerprint density at radius 2 is 2.00 bits per heavy atom. The number of halogens is 1. The predicted octanol–water partition coefficient (Wildman–Crippen LogP) is 3.08. The van der Waals surface area contributed by atoms with Gasteiger partial charge in [-0.05, 0) is 43.4 Å².